The Morgan fingerprint density at radius 2 is 2.05 bits per heavy atom. The van der Waals surface area contributed by atoms with Gasteiger partial charge in [-0.2, -0.15) is 0 Å². The van der Waals surface area contributed by atoms with Gasteiger partial charge in [-0.15, -0.1) is 0 Å². The van der Waals surface area contributed by atoms with Crippen LogP contribution in [-0.2, 0) is 10.0 Å². The number of nitrogens with zero attached hydrogens (tertiary/aromatic N) is 1. The molecule has 1 aromatic rings. The highest BCUT2D eigenvalue weighted by atomic mass is 79.9. The zero-order valence-electron chi connectivity index (χ0n) is 12.5. The second-order valence-electron chi connectivity index (χ2n) is 4.78. The summed E-state index contributed by atoms with van der Waals surface area (Å²) in [7, 11) is -3.17. The minimum Gasteiger partial charge on any atom is -0.352 e. The lowest BCUT2D eigenvalue weighted by Crippen LogP contribution is -2.33. The zero-order chi connectivity index (χ0) is 16.0. The van der Waals surface area contributed by atoms with Crippen molar-refractivity contribution in [2.45, 2.75) is 20.3 Å². The molecule has 1 aromatic carbocycles. The van der Waals surface area contributed by atoms with Crippen LogP contribution < -0.4 is 5.32 Å². The molecule has 0 aliphatic carbocycles. The highest BCUT2D eigenvalue weighted by Crippen LogP contribution is 2.19. The molecule has 0 fully saturated rings. The van der Waals surface area contributed by atoms with E-state index in [4.69, 9.17) is 0 Å². The van der Waals surface area contributed by atoms with E-state index in [0.29, 0.717) is 31.6 Å². The average Bonchev–Trinajstić information content (AvgIpc) is 2.40. The molecule has 1 amide bonds. The molecule has 0 radical (unpaired) electrons. The molecule has 21 heavy (non-hydrogen) atoms. The van der Waals surface area contributed by atoms with Crippen LogP contribution in [0.2, 0.25) is 0 Å². The Hall–Kier alpha value is -0.920. The van der Waals surface area contributed by atoms with Gasteiger partial charge in [-0.1, -0.05) is 28.9 Å². The molecule has 0 unspecified atom stereocenters. The van der Waals surface area contributed by atoms with Gasteiger partial charge in [0.2, 0.25) is 10.0 Å². The maximum atomic E-state index is 12.1. The number of benzene rings is 1. The van der Waals surface area contributed by atoms with Gasteiger partial charge in [0.15, 0.2) is 0 Å². The predicted molar refractivity (Wildman–Crippen MR) is 87.9 cm³/mol. The van der Waals surface area contributed by atoms with E-state index in [2.05, 4.69) is 21.2 Å². The minimum absolute atomic E-state index is 0.142. The molecule has 1 rings (SSSR count). The maximum Gasteiger partial charge on any atom is 0.251 e. The number of carbonyl (C=O) groups excluding carboxylic acids is 1. The summed E-state index contributed by atoms with van der Waals surface area (Å²) in [5.41, 5.74) is 1.51. The number of sulfonamides is 1. The number of nitrogens with one attached hydrogen (secondary N) is 1. The van der Waals surface area contributed by atoms with Crippen molar-refractivity contribution in [3.8, 4) is 0 Å². The van der Waals surface area contributed by atoms with E-state index in [1.165, 1.54) is 10.6 Å². The highest BCUT2D eigenvalue weighted by Gasteiger charge is 2.14. The lowest BCUT2D eigenvalue weighted by molar-refractivity contribution is 0.0952. The molecule has 0 saturated heterocycles. The first kappa shape index (κ1) is 18.1. The van der Waals surface area contributed by atoms with Gasteiger partial charge >= 0.3 is 0 Å². The molecule has 1 N–H and O–H groups in total. The molecule has 0 heterocycles. The summed E-state index contributed by atoms with van der Waals surface area (Å²) in [5.74, 6) is -0.142. The van der Waals surface area contributed by atoms with E-state index in [-0.39, 0.29) is 5.91 Å². The normalized spacial score (nSPS) is 11.7. The smallest absolute Gasteiger partial charge is 0.251 e. The summed E-state index contributed by atoms with van der Waals surface area (Å²) in [6.07, 6.45) is 1.78. The molecule has 0 spiro atoms. The van der Waals surface area contributed by atoms with Crippen LogP contribution in [0.15, 0.2) is 22.7 Å². The Labute approximate surface area is 134 Å². The summed E-state index contributed by atoms with van der Waals surface area (Å²) in [4.78, 5) is 12.1. The third kappa shape index (κ3) is 5.41. The van der Waals surface area contributed by atoms with Gasteiger partial charge in [0, 0.05) is 29.7 Å². The molecule has 0 aliphatic heterocycles. The van der Waals surface area contributed by atoms with Gasteiger partial charge in [-0.05, 0) is 31.0 Å². The van der Waals surface area contributed by atoms with E-state index in [9.17, 15) is 13.2 Å². The van der Waals surface area contributed by atoms with Crippen LogP contribution in [0.1, 0.15) is 29.3 Å². The Morgan fingerprint density at radius 1 is 1.38 bits per heavy atom. The van der Waals surface area contributed by atoms with Crippen LogP contribution in [0.4, 0.5) is 0 Å². The van der Waals surface area contributed by atoms with Crippen molar-refractivity contribution in [1.29, 1.82) is 0 Å². The Morgan fingerprint density at radius 3 is 2.62 bits per heavy atom. The second kappa shape index (κ2) is 7.91. The Bertz CT molecular complexity index is 602. The van der Waals surface area contributed by atoms with Crippen LogP contribution in [0, 0.1) is 6.92 Å². The third-order valence-electron chi connectivity index (χ3n) is 3.20. The van der Waals surface area contributed by atoms with Crippen molar-refractivity contribution in [2.24, 2.45) is 0 Å². The number of amides is 1. The summed E-state index contributed by atoms with van der Waals surface area (Å²) >= 11 is 3.39. The van der Waals surface area contributed by atoms with Crippen molar-refractivity contribution < 1.29 is 13.2 Å². The van der Waals surface area contributed by atoms with Crippen LogP contribution in [0.3, 0.4) is 0 Å². The third-order valence-corrected chi connectivity index (χ3v) is 5.44. The summed E-state index contributed by atoms with van der Waals surface area (Å²) in [5, 5.41) is 2.82. The fourth-order valence-corrected chi connectivity index (χ4v) is 3.26. The molecule has 7 heteroatoms. The summed E-state index contributed by atoms with van der Waals surface area (Å²) in [6, 6.07) is 5.47. The number of halogens is 1. The van der Waals surface area contributed by atoms with Crippen molar-refractivity contribution in [3.05, 3.63) is 33.8 Å². The molecule has 118 valence electrons. The number of rotatable bonds is 7. The lowest BCUT2D eigenvalue weighted by Gasteiger charge is -2.17. The molecular weight excluding hydrogens is 356 g/mol. The molecular formula is C14H21BrN2O3S. The van der Waals surface area contributed by atoms with E-state index in [1.807, 2.05) is 19.1 Å². The molecule has 5 nitrogen and oxygen atoms in total. The van der Waals surface area contributed by atoms with Gasteiger partial charge < -0.3 is 5.32 Å². The van der Waals surface area contributed by atoms with Gasteiger partial charge in [0.05, 0.1) is 6.26 Å². The van der Waals surface area contributed by atoms with E-state index in [1.54, 1.807) is 13.0 Å². The summed E-state index contributed by atoms with van der Waals surface area (Å²) in [6.45, 7) is 4.97. The molecule has 0 aromatic heterocycles. The first-order valence-electron chi connectivity index (χ1n) is 6.75. The van der Waals surface area contributed by atoms with Crippen LogP contribution in [0.5, 0.6) is 0 Å². The van der Waals surface area contributed by atoms with Gasteiger partial charge in [0.1, 0.15) is 0 Å². The van der Waals surface area contributed by atoms with E-state index >= 15 is 0 Å². The quantitative estimate of drug-likeness (QED) is 0.741. The topological polar surface area (TPSA) is 66.5 Å². The molecule has 0 saturated carbocycles. The minimum atomic E-state index is -3.17. The van der Waals surface area contributed by atoms with E-state index in [0.717, 1.165) is 10.0 Å². The van der Waals surface area contributed by atoms with Crippen molar-refractivity contribution in [2.75, 3.05) is 25.9 Å². The molecule has 0 atom stereocenters. The van der Waals surface area contributed by atoms with Gasteiger partial charge in [-0.3, -0.25) is 4.79 Å². The van der Waals surface area contributed by atoms with Gasteiger partial charge in [-0.25, -0.2) is 12.7 Å². The standard InChI is InChI=1S/C14H21BrN2O3S/c1-4-17(21(3,19)20)10-6-9-16-14(18)12-7-5-8-13(15)11(12)2/h5,7-8H,4,6,9-10H2,1-3H3,(H,16,18). The van der Waals surface area contributed by atoms with Crippen LogP contribution in [0.25, 0.3) is 0 Å². The second-order valence-corrected chi connectivity index (χ2v) is 7.61. The van der Waals surface area contributed by atoms with Gasteiger partial charge in [0.25, 0.3) is 5.91 Å². The van der Waals surface area contributed by atoms with Crippen LogP contribution >= 0.6 is 15.9 Å². The fraction of sp³-hybridized carbons (Fsp3) is 0.500. The van der Waals surface area contributed by atoms with Crippen molar-refractivity contribution >= 4 is 31.9 Å². The first-order valence-corrected chi connectivity index (χ1v) is 9.40. The zero-order valence-corrected chi connectivity index (χ0v) is 14.9. The molecule has 0 aliphatic rings. The van der Waals surface area contributed by atoms with Crippen molar-refractivity contribution in [1.82, 2.24) is 9.62 Å². The van der Waals surface area contributed by atoms with Crippen LogP contribution in [-0.4, -0.2) is 44.5 Å². The highest BCUT2D eigenvalue weighted by molar-refractivity contribution is 9.10. The molecule has 0 bridgehead atoms. The summed E-state index contributed by atoms with van der Waals surface area (Å²) < 4.78 is 25.1. The monoisotopic (exact) mass is 376 g/mol. The number of hydrogen-bond acceptors (Lipinski definition) is 3. The maximum absolute atomic E-state index is 12.1. The number of carbonyl (C=O) groups is 1. The lowest BCUT2D eigenvalue weighted by atomic mass is 10.1. The van der Waals surface area contributed by atoms with Crippen molar-refractivity contribution in [3.63, 3.8) is 0 Å². The largest absolute Gasteiger partial charge is 0.352 e. The first-order chi connectivity index (χ1) is 9.77. The Balaban J connectivity index is 2.49. The SMILES string of the molecule is CCN(CCCNC(=O)c1cccc(Br)c1C)S(C)(=O)=O. The average molecular weight is 377 g/mol. The number of hydrogen-bond donors (Lipinski definition) is 1. The van der Waals surface area contributed by atoms with E-state index < -0.39 is 10.0 Å². The fourth-order valence-electron chi connectivity index (χ4n) is 1.96. The predicted octanol–water partition coefficient (Wildman–Crippen LogP) is 2.16. The Kier molecular flexibility index (Phi) is 6.83.